The quantitative estimate of drug-likeness (QED) is 0.883. The molecule has 1 aromatic carbocycles. The van der Waals surface area contributed by atoms with Crippen LogP contribution in [0.25, 0.3) is 10.9 Å². The van der Waals surface area contributed by atoms with Crippen molar-refractivity contribution < 1.29 is 9.47 Å². The van der Waals surface area contributed by atoms with Gasteiger partial charge in [0.05, 0.1) is 18.2 Å². The molecule has 0 bridgehead atoms. The van der Waals surface area contributed by atoms with E-state index >= 15 is 0 Å². The average molecular weight is 312 g/mol. The van der Waals surface area contributed by atoms with Gasteiger partial charge in [-0.15, -0.1) is 0 Å². The molecule has 4 heteroatoms. The third kappa shape index (κ3) is 3.13. The van der Waals surface area contributed by atoms with Crippen molar-refractivity contribution >= 4 is 10.9 Å². The third-order valence-electron chi connectivity index (χ3n) is 5.11. The number of rotatable bonds is 6. The van der Waals surface area contributed by atoms with Crippen molar-refractivity contribution in [2.24, 2.45) is 0 Å². The van der Waals surface area contributed by atoms with E-state index in [0.717, 1.165) is 22.4 Å². The molecule has 2 aliphatic carbocycles. The van der Waals surface area contributed by atoms with Crippen LogP contribution in [-0.2, 0) is 0 Å². The van der Waals surface area contributed by atoms with E-state index in [9.17, 15) is 0 Å². The summed E-state index contributed by atoms with van der Waals surface area (Å²) in [4.78, 5) is 4.41. The molecule has 122 valence electrons. The maximum absolute atomic E-state index is 6.15. The van der Waals surface area contributed by atoms with E-state index < -0.39 is 0 Å². The van der Waals surface area contributed by atoms with Crippen LogP contribution >= 0.6 is 0 Å². The van der Waals surface area contributed by atoms with Gasteiger partial charge >= 0.3 is 0 Å². The lowest BCUT2D eigenvalue weighted by Crippen LogP contribution is -2.42. The van der Waals surface area contributed by atoms with E-state index in [1.165, 1.54) is 38.5 Å². The van der Waals surface area contributed by atoms with Crippen molar-refractivity contribution in [2.75, 3.05) is 13.7 Å². The highest BCUT2D eigenvalue weighted by atomic mass is 16.5. The van der Waals surface area contributed by atoms with E-state index in [1.54, 1.807) is 7.11 Å². The van der Waals surface area contributed by atoms with Gasteiger partial charge in [0.1, 0.15) is 6.61 Å². The Balaban J connectivity index is 1.48. The highest BCUT2D eigenvalue weighted by Crippen LogP contribution is 2.40. The Bertz CT molecular complexity index is 691. The molecule has 0 radical (unpaired) electrons. The molecule has 4 nitrogen and oxygen atoms in total. The normalized spacial score (nSPS) is 19.9. The van der Waals surface area contributed by atoms with Gasteiger partial charge in [-0.05, 0) is 37.8 Å². The van der Waals surface area contributed by atoms with Crippen molar-refractivity contribution in [1.29, 1.82) is 0 Å². The molecule has 0 saturated heterocycles. The van der Waals surface area contributed by atoms with E-state index in [-0.39, 0.29) is 5.54 Å². The smallest absolute Gasteiger partial charge is 0.163 e. The SMILES string of the molecule is COc1cc2cccnc2cc1OCC1(NC2CCCC2)CC1. The Labute approximate surface area is 137 Å². The number of fused-ring (bicyclic) bond motifs is 1. The number of benzene rings is 1. The van der Waals surface area contributed by atoms with Crippen molar-refractivity contribution in [2.45, 2.75) is 50.1 Å². The Morgan fingerprint density at radius 1 is 1.22 bits per heavy atom. The summed E-state index contributed by atoms with van der Waals surface area (Å²) in [7, 11) is 1.69. The first kappa shape index (κ1) is 14.8. The van der Waals surface area contributed by atoms with Crippen LogP contribution in [0.15, 0.2) is 30.5 Å². The molecule has 0 spiro atoms. The number of hydrogen-bond acceptors (Lipinski definition) is 4. The number of methoxy groups -OCH3 is 1. The van der Waals surface area contributed by atoms with Crippen molar-refractivity contribution in [1.82, 2.24) is 10.3 Å². The molecule has 2 aromatic rings. The lowest BCUT2D eigenvalue weighted by molar-refractivity contribution is 0.230. The number of hydrogen-bond donors (Lipinski definition) is 1. The summed E-state index contributed by atoms with van der Waals surface area (Å²) in [6, 6.07) is 8.65. The van der Waals surface area contributed by atoms with Crippen LogP contribution in [0, 0.1) is 0 Å². The number of nitrogens with zero attached hydrogens (tertiary/aromatic N) is 1. The Hall–Kier alpha value is -1.81. The second-order valence-corrected chi connectivity index (χ2v) is 6.89. The molecular weight excluding hydrogens is 288 g/mol. The van der Waals surface area contributed by atoms with Crippen molar-refractivity contribution in [3.05, 3.63) is 30.5 Å². The largest absolute Gasteiger partial charge is 0.493 e. The van der Waals surface area contributed by atoms with Crippen LogP contribution in [0.2, 0.25) is 0 Å². The Morgan fingerprint density at radius 3 is 2.78 bits per heavy atom. The molecule has 1 aromatic heterocycles. The molecular formula is C19H24N2O2. The molecule has 0 amide bonds. The minimum absolute atomic E-state index is 0.180. The lowest BCUT2D eigenvalue weighted by Gasteiger charge is -2.23. The summed E-state index contributed by atoms with van der Waals surface area (Å²) >= 11 is 0. The van der Waals surface area contributed by atoms with Gasteiger partial charge in [-0.2, -0.15) is 0 Å². The number of nitrogens with one attached hydrogen (secondary N) is 1. The molecule has 4 rings (SSSR count). The van der Waals surface area contributed by atoms with E-state index in [0.29, 0.717) is 12.6 Å². The van der Waals surface area contributed by atoms with Gasteiger partial charge in [0, 0.05) is 23.7 Å². The van der Waals surface area contributed by atoms with E-state index in [4.69, 9.17) is 9.47 Å². The predicted octanol–water partition coefficient (Wildman–Crippen LogP) is 3.69. The van der Waals surface area contributed by atoms with Crippen LogP contribution in [-0.4, -0.2) is 30.3 Å². The minimum atomic E-state index is 0.180. The fraction of sp³-hybridized carbons (Fsp3) is 0.526. The minimum Gasteiger partial charge on any atom is -0.493 e. The first-order valence-corrected chi connectivity index (χ1v) is 8.61. The van der Waals surface area contributed by atoms with Gasteiger partial charge in [0.2, 0.25) is 0 Å². The third-order valence-corrected chi connectivity index (χ3v) is 5.11. The topological polar surface area (TPSA) is 43.4 Å². The highest BCUT2D eigenvalue weighted by molar-refractivity contribution is 5.82. The molecule has 2 saturated carbocycles. The first-order valence-electron chi connectivity index (χ1n) is 8.61. The second-order valence-electron chi connectivity index (χ2n) is 6.89. The predicted molar refractivity (Wildman–Crippen MR) is 91.1 cm³/mol. The molecule has 2 fully saturated rings. The monoisotopic (exact) mass is 312 g/mol. The molecule has 2 aliphatic rings. The lowest BCUT2D eigenvalue weighted by atomic mass is 10.2. The summed E-state index contributed by atoms with van der Waals surface area (Å²) < 4.78 is 11.6. The summed E-state index contributed by atoms with van der Waals surface area (Å²) in [5, 5.41) is 4.90. The van der Waals surface area contributed by atoms with Gasteiger partial charge in [-0.1, -0.05) is 18.9 Å². The van der Waals surface area contributed by atoms with E-state index in [1.807, 2.05) is 30.5 Å². The van der Waals surface area contributed by atoms with Crippen molar-refractivity contribution in [3.63, 3.8) is 0 Å². The second kappa shape index (κ2) is 6.00. The van der Waals surface area contributed by atoms with E-state index in [2.05, 4.69) is 10.3 Å². The van der Waals surface area contributed by atoms with Gasteiger partial charge in [-0.25, -0.2) is 0 Å². The standard InChI is InChI=1S/C19H24N2O2/c1-22-17-11-14-5-4-10-20-16(14)12-18(17)23-13-19(8-9-19)21-15-6-2-3-7-15/h4-5,10-12,15,21H,2-3,6-9,13H2,1H3. The van der Waals surface area contributed by atoms with Gasteiger partial charge in [0.25, 0.3) is 0 Å². The number of pyridine rings is 1. The zero-order valence-corrected chi connectivity index (χ0v) is 13.7. The summed E-state index contributed by atoms with van der Waals surface area (Å²) in [6.45, 7) is 0.707. The molecule has 1 N–H and O–H groups in total. The van der Waals surface area contributed by atoms with Crippen LogP contribution in [0.4, 0.5) is 0 Å². The fourth-order valence-corrected chi connectivity index (χ4v) is 3.55. The average Bonchev–Trinajstić information content (AvgIpc) is 3.15. The molecule has 0 unspecified atom stereocenters. The Kier molecular flexibility index (Phi) is 3.85. The molecule has 23 heavy (non-hydrogen) atoms. The maximum Gasteiger partial charge on any atom is 0.163 e. The highest BCUT2D eigenvalue weighted by Gasteiger charge is 2.45. The molecule has 0 atom stereocenters. The summed E-state index contributed by atoms with van der Waals surface area (Å²) in [5.41, 5.74) is 1.12. The Morgan fingerprint density at radius 2 is 2.04 bits per heavy atom. The zero-order chi connectivity index (χ0) is 15.7. The zero-order valence-electron chi connectivity index (χ0n) is 13.7. The van der Waals surface area contributed by atoms with Gasteiger partial charge < -0.3 is 14.8 Å². The summed E-state index contributed by atoms with van der Waals surface area (Å²) in [6.07, 6.45) is 9.56. The number of ether oxygens (including phenoxy) is 2. The number of aromatic nitrogens is 1. The van der Waals surface area contributed by atoms with Crippen molar-refractivity contribution in [3.8, 4) is 11.5 Å². The van der Waals surface area contributed by atoms with Crippen LogP contribution in [0.5, 0.6) is 11.5 Å². The van der Waals surface area contributed by atoms with Crippen LogP contribution in [0.3, 0.4) is 0 Å². The molecule has 1 heterocycles. The molecule has 0 aliphatic heterocycles. The van der Waals surface area contributed by atoms with Crippen LogP contribution < -0.4 is 14.8 Å². The van der Waals surface area contributed by atoms with Crippen LogP contribution in [0.1, 0.15) is 38.5 Å². The summed E-state index contributed by atoms with van der Waals surface area (Å²) in [5.74, 6) is 1.57. The fourth-order valence-electron chi connectivity index (χ4n) is 3.55. The van der Waals surface area contributed by atoms with Gasteiger partial charge in [-0.3, -0.25) is 4.98 Å². The maximum atomic E-state index is 6.15. The first-order chi connectivity index (χ1) is 11.3. The van der Waals surface area contributed by atoms with Gasteiger partial charge in [0.15, 0.2) is 11.5 Å².